The van der Waals surface area contributed by atoms with Crippen LogP contribution in [0.3, 0.4) is 0 Å². The van der Waals surface area contributed by atoms with Crippen molar-refractivity contribution in [2.24, 2.45) is 0 Å². The van der Waals surface area contributed by atoms with Crippen LogP contribution in [0.15, 0.2) is 72.8 Å². The molecule has 0 spiro atoms. The first-order valence-electron chi connectivity index (χ1n) is 10.4. The van der Waals surface area contributed by atoms with Crippen LogP contribution in [0.25, 0.3) is 0 Å². The summed E-state index contributed by atoms with van der Waals surface area (Å²) in [5.74, 6) is -0.496. The van der Waals surface area contributed by atoms with Crippen LogP contribution in [-0.4, -0.2) is 29.7 Å². The van der Waals surface area contributed by atoms with Crippen molar-refractivity contribution in [3.8, 4) is 0 Å². The van der Waals surface area contributed by atoms with E-state index in [0.29, 0.717) is 23.6 Å². The highest BCUT2D eigenvalue weighted by Crippen LogP contribution is 2.53. The van der Waals surface area contributed by atoms with E-state index < -0.39 is 29.5 Å². The van der Waals surface area contributed by atoms with Gasteiger partial charge in [0.1, 0.15) is 0 Å². The molecule has 0 fully saturated rings. The summed E-state index contributed by atoms with van der Waals surface area (Å²) in [7, 11) is 0. The predicted octanol–water partition coefficient (Wildman–Crippen LogP) is 8.17. The Balaban J connectivity index is 1.89. The summed E-state index contributed by atoms with van der Waals surface area (Å²) in [4.78, 5) is 14.5. The molecule has 0 unspecified atom stereocenters. The van der Waals surface area contributed by atoms with Crippen molar-refractivity contribution in [1.82, 2.24) is 4.90 Å². The summed E-state index contributed by atoms with van der Waals surface area (Å²) in [6.45, 7) is -0.0269. The molecule has 36 heavy (non-hydrogen) atoms. The molecule has 0 N–H and O–H groups in total. The van der Waals surface area contributed by atoms with Gasteiger partial charge in [0.25, 0.3) is 5.91 Å². The van der Waals surface area contributed by atoms with Gasteiger partial charge in [0.05, 0.1) is 10.6 Å². The van der Waals surface area contributed by atoms with Crippen molar-refractivity contribution >= 4 is 29.1 Å². The molecule has 11 heteroatoms. The predicted molar refractivity (Wildman–Crippen MR) is 123 cm³/mol. The van der Waals surface area contributed by atoms with Crippen molar-refractivity contribution in [3.63, 3.8) is 0 Å². The van der Waals surface area contributed by atoms with E-state index in [2.05, 4.69) is 0 Å². The normalized spacial score (nSPS) is 12.5. The molecule has 0 saturated carbocycles. The van der Waals surface area contributed by atoms with Crippen LogP contribution in [0, 0.1) is 0 Å². The van der Waals surface area contributed by atoms with E-state index in [-0.39, 0.29) is 29.2 Å². The van der Waals surface area contributed by atoms with E-state index in [1.165, 1.54) is 17.0 Å². The topological polar surface area (TPSA) is 20.3 Å². The average Bonchev–Trinajstić information content (AvgIpc) is 2.81. The van der Waals surface area contributed by atoms with Crippen LogP contribution in [0.5, 0.6) is 0 Å². The molecule has 0 saturated heterocycles. The first kappa shape index (κ1) is 27.8. The Kier molecular flexibility index (Phi) is 8.25. The van der Waals surface area contributed by atoms with Crippen LogP contribution < -0.4 is 0 Å². The Morgan fingerprint density at radius 2 is 1.25 bits per heavy atom. The zero-order valence-electron chi connectivity index (χ0n) is 18.3. The Morgan fingerprint density at radius 1 is 0.722 bits per heavy atom. The van der Waals surface area contributed by atoms with Crippen LogP contribution in [0.2, 0.25) is 10.0 Å². The summed E-state index contributed by atoms with van der Waals surface area (Å²) in [6.07, 6.45) is -12.0. The maximum absolute atomic E-state index is 14.3. The Labute approximate surface area is 212 Å². The third kappa shape index (κ3) is 5.95. The van der Waals surface area contributed by atoms with Crippen molar-refractivity contribution in [1.29, 1.82) is 0 Å². The first-order chi connectivity index (χ1) is 16.7. The second-order valence-electron chi connectivity index (χ2n) is 7.93. The van der Waals surface area contributed by atoms with E-state index in [0.717, 1.165) is 17.7 Å². The fourth-order valence-electron chi connectivity index (χ4n) is 3.52. The Hall–Kier alpha value is -2.78. The van der Waals surface area contributed by atoms with Gasteiger partial charge >= 0.3 is 18.0 Å². The molecular weight excluding hydrogens is 534 g/mol. The van der Waals surface area contributed by atoms with Gasteiger partial charge in [0.15, 0.2) is 0 Å². The summed E-state index contributed by atoms with van der Waals surface area (Å²) in [6, 6.07) is 15.8. The number of benzene rings is 3. The lowest BCUT2D eigenvalue weighted by atomic mass is 9.93. The summed E-state index contributed by atoms with van der Waals surface area (Å²) in [5.41, 5.74) is -5.92. The standard InChI is InChI=1S/C25H18Cl2F7NO/c26-19-11-7-16(8-12-19)13-14-35(22(36)20-3-1-2-4-21(20)27)15-17-5-9-18(10-6-17)23(28,24(29,30)31)25(32,33)34/h1-12H,13-15H2. The number of hydrogen-bond acceptors (Lipinski definition) is 1. The molecule has 0 bridgehead atoms. The number of amides is 1. The molecule has 192 valence electrons. The van der Waals surface area contributed by atoms with Gasteiger partial charge in [-0.2, -0.15) is 26.3 Å². The highest BCUT2D eigenvalue weighted by atomic mass is 35.5. The van der Waals surface area contributed by atoms with Gasteiger partial charge in [-0.15, -0.1) is 0 Å². The third-order valence-corrected chi connectivity index (χ3v) is 6.06. The van der Waals surface area contributed by atoms with Gasteiger partial charge in [-0.3, -0.25) is 4.79 Å². The van der Waals surface area contributed by atoms with Crippen molar-refractivity contribution < 1.29 is 35.5 Å². The number of carbonyl (C=O) groups is 1. The number of rotatable bonds is 7. The monoisotopic (exact) mass is 551 g/mol. The van der Waals surface area contributed by atoms with Gasteiger partial charge in [-0.25, -0.2) is 4.39 Å². The molecule has 0 atom stereocenters. The minimum absolute atomic E-state index is 0.144. The number of carbonyl (C=O) groups excluding carboxylic acids is 1. The van der Waals surface area contributed by atoms with Crippen LogP contribution >= 0.6 is 23.2 Å². The number of halogens is 9. The Morgan fingerprint density at radius 3 is 1.78 bits per heavy atom. The molecule has 3 rings (SSSR count). The summed E-state index contributed by atoms with van der Waals surface area (Å²) < 4.78 is 92.6. The molecular formula is C25H18Cl2F7NO. The van der Waals surface area contributed by atoms with Crippen LogP contribution in [-0.2, 0) is 18.6 Å². The molecule has 0 aliphatic rings. The molecule has 0 radical (unpaired) electrons. The minimum Gasteiger partial charge on any atom is -0.334 e. The van der Waals surface area contributed by atoms with Gasteiger partial charge < -0.3 is 4.90 Å². The summed E-state index contributed by atoms with van der Waals surface area (Å²) in [5, 5.41) is 0.691. The van der Waals surface area contributed by atoms with Crippen molar-refractivity contribution in [2.45, 2.75) is 31.0 Å². The highest BCUT2D eigenvalue weighted by molar-refractivity contribution is 6.33. The number of hydrogen-bond donors (Lipinski definition) is 0. The fraction of sp³-hybridized carbons (Fsp3) is 0.240. The zero-order valence-corrected chi connectivity index (χ0v) is 19.8. The van der Waals surface area contributed by atoms with Gasteiger partial charge in [-0.1, -0.05) is 71.7 Å². The molecule has 2 nitrogen and oxygen atoms in total. The number of alkyl halides is 7. The SMILES string of the molecule is O=C(c1ccccc1Cl)N(CCc1ccc(Cl)cc1)Cc1ccc(C(F)(C(F)(F)F)C(F)(F)F)cc1. The third-order valence-electron chi connectivity index (χ3n) is 5.48. The van der Waals surface area contributed by atoms with E-state index >= 15 is 0 Å². The smallest absolute Gasteiger partial charge is 0.334 e. The van der Waals surface area contributed by atoms with E-state index in [4.69, 9.17) is 23.2 Å². The maximum atomic E-state index is 14.3. The number of nitrogens with zero attached hydrogens (tertiary/aromatic N) is 1. The van der Waals surface area contributed by atoms with Crippen LogP contribution in [0.4, 0.5) is 30.7 Å². The molecule has 0 aromatic heterocycles. The summed E-state index contributed by atoms with van der Waals surface area (Å²) >= 11 is 12.0. The maximum Gasteiger partial charge on any atom is 0.435 e. The fourth-order valence-corrected chi connectivity index (χ4v) is 3.86. The molecule has 0 aliphatic carbocycles. The van der Waals surface area contributed by atoms with Gasteiger partial charge in [0.2, 0.25) is 0 Å². The van der Waals surface area contributed by atoms with Gasteiger partial charge in [-0.05, 0) is 41.8 Å². The second kappa shape index (κ2) is 10.7. The molecule has 1 amide bonds. The van der Waals surface area contributed by atoms with Crippen LogP contribution in [0.1, 0.15) is 27.0 Å². The highest BCUT2D eigenvalue weighted by Gasteiger charge is 2.73. The minimum atomic E-state index is -6.21. The zero-order chi connectivity index (χ0) is 26.7. The quantitative estimate of drug-likeness (QED) is 0.271. The lowest BCUT2D eigenvalue weighted by Gasteiger charge is -2.30. The Bertz CT molecular complexity index is 1180. The van der Waals surface area contributed by atoms with E-state index in [1.54, 1.807) is 36.4 Å². The second-order valence-corrected chi connectivity index (χ2v) is 8.78. The molecule has 0 heterocycles. The van der Waals surface area contributed by atoms with E-state index in [1.807, 2.05) is 0 Å². The van der Waals surface area contributed by atoms with Crippen molar-refractivity contribution in [3.05, 3.63) is 105 Å². The average molecular weight is 552 g/mol. The lowest BCUT2D eigenvalue weighted by Crippen LogP contribution is -2.50. The largest absolute Gasteiger partial charge is 0.435 e. The molecule has 0 aliphatic heterocycles. The molecule has 3 aromatic rings. The van der Waals surface area contributed by atoms with Crippen molar-refractivity contribution in [2.75, 3.05) is 6.54 Å². The first-order valence-corrected chi connectivity index (χ1v) is 11.2. The van der Waals surface area contributed by atoms with Gasteiger partial charge in [0, 0.05) is 23.7 Å². The lowest BCUT2D eigenvalue weighted by molar-refractivity contribution is -0.348. The molecule has 3 aromatic carbocycles. The van der Waals surface area contributed by atoms with E-state index in [9.17, 15) is 35.5 Å².